The van der Waals surface area contributed by atoms with Crippen LogP contribution in [0.15, 0.2) is 54.7 Å². The van der Waals surface area contributed by atoms with E-state index in [-0.39, 0.29) is 25.0 Å². The van der Waals surface area contributed by atoms with Crippen molar-refractivity contribution in [2.75, 3.05) is 32.1 Å². The summed E-state index contributed by atoms with van der Waals surface area (Å²) in [5.41, 5.74) is 1.04. The number of aromatic nitrogens is 1. The molecule has 3 aliphatic rings. The SMILES string of the molecule is CN1C[C@@](C)(c2cc(F)cc(F)c2)N(CCOc2ccc3c(c2)C[C@@]2(C3)C(=O)Nc3ncccc32)C(=O)C1(C)C. The Balaban J connectivity index is 1.22. The normalized spacial score (nSPS) is 25.2. The molecule has 1 saturated heterocycles. The molecule has 0 radical (unpaired) electrons. The van der Waals surface area contributed by atoms with Crippen molar-refractivity contribution in [1.82, 2.24) is 14.8 Å². The summed E-state index contributed by atoms with van der Waals surface area (Å²) in [7, 11) is 1.84. The number of ether oxygens (including phenoxy) is 1. The molecule has 2 aliphatic heterocycles. The van der Waals surface area contributed by atoms with Crippen LogP contribution >= 0.6 is 0 Å². The average molecular weight is 547 g/mol. The highest BCUT2D eigenvalue weighted by Crippen LogP contribution is 2.47. The molecular formula is C31H32F2N4O3. The second kappa shape index (κ2) is 9.09. The van der Waals surface area contributed by atoms with Gasteiger partial charge in [-0.05, 0) is 87.7 Å². The van der Waals surface area contributed by atoms with Crippen LogP contribution < -0.4 is 10.1 Å². The minimum Gasteiger partial charge on any atom is -0.492 e. The molecular weight excluding hydrogens is 514 g/mol. The van der Waals surface area contributed by atoms with Crippen LogP contribution in [0.1, 0.15) is 43.0 Å². The summed E-state index contributed by atoms with van der Waals surface area (Å²) in [5.74, 6) is -0.287. The van der Waals surface area contributed by atoms with Crippen molar-refractivity contribution in [2.24, 2.45) is 0 Å². The molecule has 1 spiro atoms. The first-order chi connectivity index (χ1) is 18.9. The van der Waals surface area contributed by atoms with E-state index in [2.05, 4.69) is 10.3 Å². The van der Waals surface area contributed by atoms with Gasteiger partial charge in [0.2, 0.25) is 11.8 Å². The third-order valence-electron chi connectivity index (χ3n) is 9.08. The molecule has 1 fully saturated rings. The second-order valence-corrected chi connectivity index (χ2v) is 11.9. The van der Waals surface area contributed by atoms with Crippen LogP contribution in [-0.4, -0.2) is 58.9 Å². The highest BCUT2D eigenvalue weighted by atomic mass is 19.1. The molecule has 9 heteroatoms. The monoisotopic (exact) mass is 546 g/mol. The summed E-state index contributed by atoms with van der Waals surface area (Å²) in [6.07, 6.45) is 2.83. The summed E-state index contributed by atoms with van der Waals surface area (Å²) in [6, 6.07) is 13.1. The van der Waals surface area contributed by atoms with Crippen molar-refractivity contribution < 1.29 is 23.1 Å². The molecule has 3 aromatic rings. The highest BCUT2D eigenvalue weighted by Gasteiger charge is 2.52. The molecule has 7 nitrogen and oxygen atoms in total. The van der Waals surface area contributed by atoms with Crippen molar-refractivity contribution in [1.29, 1.82) is 0 Å². The van der Waals surface area contributed by atoms with Gasteiger partial charge in [0.05, 0.1) is 23.0 Å². The van der Waals surface area contributed by atoms with E-state index in [1.807, 2.05) is 63.1 Å². The molecule has 0 unspecified atom stereocenters. The minimum absolute atomic E-state index is 0.0378. The Morgan fingerprint density at radius 2 is 1.73 bits per heavy atom. The summed E-state index contributed by atoms with van der Waals surface area (Å²) >= 11 is 0. The van der Waals surface area contributed by atoms with Crippen LogP contribution in [0.25, 0.3) is 0 Å². The van der Waals surface area contributed by atoms with Gasteiger partial charge in [-0.1, -0.05) is 12.1 Å². The number of halogens is 2. The number of benzene rings is 2. The van der Waals surface area contributed by atoms with Gasteiger partial charge in [0, 0.05) is 24.4 Å². The van der Waals surface area contributed by atoms with Crippen LogP contribution in [0, 0.1) is 11.6 Å². The lowest BCUT2D eigenvalue weighted by Gasteiger charge is -2.54. The number of piperazine rings is 1. The molecule has 1 aliphatic carbocycles. The van der Waals surface area contributed by atoms with Gasteiger partial charge in [-0.2, -0.15) is 0 Å². The first-order valence-corrected chi connectivity index (χ1v) is 13.5. The maximum absolute atomic E-state index is 14.2. The fraction of sp³-hybridized carbons (Fsp3) is 0.387. The average Bonchev–Trinajstić information content (AvgIpc) is 3.41. The number of anilines is 1. The second-order valence-electron chi connectivity index (χ2n) is 11.9. The first-order valence-electron chi connectivity index (χ1n) is 13.5. The van der Waals surface area contributed by atoms with E-state index in [0.717, 1.165) is 22.8 Å². The number of hydrogen-bond acceptors (Lipinski definition) is 5. The first kappa shape index (κ1) is 26.4. The number of nitrogens with zero attached hydrogens (tertiary/aromatic N) is 3. The van der Waals surface area contributed by atoms with Crippen molar-refractivity contribution in [3.8, 4) is 5.75 Å². The Morgan fingerprint density at radius 1 is 1.00 bits per heavy atom. The molecule has 3 heterocycles. The molecule has 40 heavy (non-hydrogen) atoms. The van der Waals surface area contributed by atoms with Gasteiger partial charge in [-0.15, -0.1) is 0 Å². The number of nitrogens with one attached hydrogen (secondary N) is 1. The number of likely N-dealkylation sites (N-methyl/N-ethyl adjacent to an activating group) is 1. The van der Waals surface area contributed by atoms with E-state index in [1.54, 1.807) is 11.1 Å². The third kappa shape index (κ3) is 3.98. The molecule has 0 bridgehead atoms. The number of fused-ring (bicyclic) bond motifs is 3. The maximum atomic E-state index is 14.2. The largest absolute Gasteiger partial charge is 0.492 e. The van der Waals surface area contributed by atoms with E-state index < -0.39 is 28.1 Å². The minimum atomic E-state index is -0.963. The van der Waals surface area contributed by atoms with Crippen LogP contribution in [0.3, 0.4) is 0 Å². The molecule has 0 saturated carbocycles. The van der Waals surface area contributed by atoms with Crippen LogP contribution in [0.2, 0.25) is 0 Å². The summed E-state index contributed by atoms with van der Waals surface area (Å²) < 4.78 is 34.6. The smallest absolute Gasteiger partial charge is 0.243 e. The molecule has 1 aromatic heterocycles. The Kier molecular flexibility index (Phi) is 5.99. The van der Waals surface area contributed by atoms with Gasteiger partial charge in [-0.25, -0.2) is 13.8 Å². The quantitative estimate of drug-likeness (QED) is 0.520. The van der Waals surface area contributed by atoms with E-state index in [9.17, 15) is 18.4 Å². The highest BCUT2D eigenvalue weighted by molar-refractivity contribution is 6.06. The van der Waals surface area contributed by atoms with Gasteiger partial charge < -0.3 is 15.0 Å². The lowest BCUT2D eigenvalue weighted by atomic mass is 9.79. The Hall–Kier alpha value is -3.85. The molecule has 6 rings (SSSR count). The van der Waals surface area contributed by atoms with Gasteiger partial charge in [-0.3, -0.25) is 14.5 Å². The number of carbonyl (C=O) groups excluding carboxylic acids is 2. The van der Waals surface area contributed by atoms with Crippen LogP contribution in [0.5, 0.6) is 5.75 Å². The zero-order valence-electron chi connectivity index (χ0n) is 23.1. The third-order valence-corrected chi connectivity index (χ3v) is 9.08. The molecule has 2 amide bonds. The Bertz CT molecular complexity index is 1520. The van der Waals surface area contributed by atoms with Crippen molar-refractivity contribution >= 4 is 17.6 Å². The zero-order chi connectivity index (χ0) is 28.4. The fourth-order valence-corrected chi connectivity index (χ4v) is 6.51. The predicted octanol–water partition coefficient (Wildman–Crippen LogP) is 4.20. The fourth-order valence-electron chi connectivity index (χ4n) is 6.51. The standard InChI is InChI=1S/C31H32F2N4O3/c1-29(2)28(39)37(30(3,18-36(29)4)21-13-22(32)15-23(33)14-21)10-11-40-24-8-7-19-16-31(17-20(19)12-24)25-6-5-9-34-26(25)35-27(31)38/h5-9,12-15H,10-11,16-18H2,1-4H3,(H,34,35,38)/t30-,31+/m0/s1. The number of rotatable bonds is 5. The lowest BCUT2D eigenvalue weighted by molar-refractivity contribution is -0.161. The van der Waals surface area contributed by atoms with Crippen molar-refractivity contribution in [3.05, 3.63) is 88.6 Å². The van der Waals surface area contributed by atoms with Crippen molar-refractivity contribution in [2.45, 2.75) is 50.1 Å². The topological polar surface area (TPSA) is 74.8 Å². The molecule has 2 atom stereocenters. The van der Waals surface area contributed by atoms with Gasteiger partial charge >= 0.3 is 0 Å². The van der Waals surface area contributed by atoms with Crippen molar-refractivity contribution in [3.63, 3.8) is 0 Å². The van der Waals surface area contributed by atoms with Gasteiger partial charge in [0.15, 0.2) is 0 Å². The van der Waals surface area contributed by atoms with Gasteiger partial charge in [0.25, 0.3) is 0 Å². The molecule has 208 valence electrons. The summed E-state index contributed by atoms with van der Waals surface area (Å²) in [4.78, 5) is 34.6. The predicted molar refractivity (Wildman–Crippen MR) is 146 cm³/mol. The van der Waals surface area contributed by atoms with E-state index in [1.165, 1.54) is 12.1 Å². The number of amides is 2. The molecule has 1 N–H and O–H groups in total. The Labute approximate surface area is 232 Å². The molecule has 2 aromatic carbocycles. The summed E-state index contributed by atoms with van der Waals surface area (Å²) in [6.45, 7) is 6.34. The number of pyridine rings is 1. The van der Waals surface area contributed by atoms with Crippen LogP contribution in [0.4, 0.5) is 14.6 Å². The number of carbonyl (C=O) groups is 2. The van der Waals surface area contributed by atoms with E-state index in [0.29, 0.717) is 36.5 Å². The number of hydrogen-bond donors (Lipinski definition) is 1. The maximum Gasteiger partial charge on any atom is 0.243 e. The lowest BCUT2D eigenvalue weighted by Crippen LogP contribution is -2.69. The van der Waals surface area contributed by atoms with Crippen LogP contribution in [-0.2, 0) is 33.4 Å². The van der Waals surface area contributed by atoms with E-state index in [4.69, 9.17) is 4.74 Å². The van der Waals surface area contributed by atoms with E-state index >= 15 is 0 Å². The van der Waals surface area contributed by atoms with Gasteiger partial charge in [0.1, 0.15) is 29.8 Å². The summed E-state index contributed by atoms with van der Waals surface area (Å²) in [5, 5.41) is 2.92. The Morgan fingerprint density at radius 3 is 2.48 bits per heavy atom. The zero-order valence-corrected chi connectivity index (χ0v) is 23.1.